The lowest BCUT2D eigenvalue weighted by Crippen LogP contribution is -2.32. The van der Waals surface area contributed by atoms with Crippen molar-refractivity contribution in [1.82, 2.24) is 4.90 Å². The molecule has 10 heteroatoms. The van der Waals surface area contributed by atoms with Crippen LogP contribution < -0.4 is 14.2 Å². The number of rotatable bonds is 9. The minimum absolute atomic E-state index is 0.127. The molecule has 0 bridgehead atoms. The van der Waals surface area contributed by atoms with Gasteiger partial charge in [0.1, 0.15) is 12.4 Å². The molecular formula is C28H23BrClNO6S. The number of benzene rings is 3. The lowest BCUT2D eigenvalue weighted by molar-refractivity contribution is -0.123. The van der Waals surface area contributed by atoms with E-state index in [-0.39, 0.29) is 34.6 Å². The summed E-state index contributed by atoms with van der Waals surface area (Å²) in [4.78, 5) is 39.6. The molecule has 3 aromatic carbocycles. The molecule has 0 N–H and O–H groups in total. The van der Waals surface area contributed by atoms with Gasteiger partial charge in [0.15, 0.2) is 11.5 Å². The number of hydrogen-bond donors (Lipinski definition) is 0. The van der Waals surface area contributed by atoms with Crippen LogP contribution in [0.2, 0.25) is 5.02 Å². The highest BCUT2D eigenvalue weighted by atomic mass is 79.9. The number of halogens is 2. The number of imide groups is 1. The molecule has 3 aromatic rings. The first-order valence-corrected chi connectivity index (χ1v) is 13.6. The van der Waals surface area contributed by atoms with E-state index in [1.54, 1.807) is 43.3 Å². The number of nitrogens with zero attached hydrogens (tertiary/aromatic N) is 1. The van der Waals surface area contributed by atoms with Crippen LogP contribution >= 0.6 is 39.3 Å². The average molecular weight is 617 g/mol. The topological polar surface area (TPSA) is 82.1 Å². The van der Waals surface area contributed by atoms with Gasteiger partial charge in [0.25, 0.3) is 11.1 Å². The van der Waals surface area contributed by atoms with E-state index in [4.69, 9.17) is 25.8 Å². The van der Waals surface area contributed by atoms with Crippen molar-refractivity contribution >= 4 is 62.5 Å². The molecular weight excluding hydrogens is 594 g/mol. The van der Waals surface area contributed by atoms with Crippen molar-refractivity contribution in [2.75, 3.05) is 19.8 Å². The summed E-state index contributed by atoms with van der Waals surface area (Å²) in [5, 5.41) is 0.0415. The molecule has 7 nitrogen and oxygen atoms in total. The number of esters is 1. The monoisotopic (exact) mass is 615 g/mol. The van der Waals surface area contributed by atoms with E-state index < -0.39 is 11.9 Å². The van der Waals surface area contributed by atoms with E-state index in [1.165, 1.54) is 6.07 Å². The lowest BCUT2D eigenvalue weighted by atomic mass is 10.1. The first-order valence-electron chi connectivity index (χ1n) is 11.6. The summed E-state index contributed by atoms with van der Waals surface area (Å²) in [5.74, 6) is 0.163. The van der Waals surface area contributed by atoms with Gasteiger partial charge in [0.05, 0.1) is 28.1 Å². The van der Waals surface area contributed by atoms with E-state index in [0.29, 0.717) is 33.2 Å². The summed E-state index contributed by atoms with van der Waals surface area (Å²) >= 11 is 10.3. The summed E-state index contributed by atoms with van der Waals surface area (Å²) in [7, 11) is 0. The maximum absolute atomic E-state index is 12.9. The summed E-state index contributed by atoms with van der Waals surface area (Å²) in [6.07, 6.45) is 1.60. The quantitative estimate of drug-likeness (QED) is 0.144. The number of carbonyl (C=O) groups excluding carboxylic acids is 3. The van der Waals surface area contributed by atoms with Crippen molar-refractivity contribution in [3.8, 4) is 17.2 Å². The molecule has 0 spiro atoms. The Bertz CT molecular complexity index is 1430. The minimum Gasteiger partial charge on any atom is -0.492 e. The molecule has 1 heterocycles. The highest BCUT2D eigenvalue weighted by Crippen LogP contribution is 2.39. The summed E-state index contributed by atoms with van der Waals surface area (Å²) < 4.78 is 17.4. The molecule has 0 aliphatic carbocycles. The van der Waals surface area contributed by atoms with Crippen LogP contribution in [-0.4, -0.2) is 41.8 Å². The fraction of sp³-hybridized carbons (Fsp3) is 0.179. The molecule has 1 aliphatic heterocycles. The van der Waals surface area contributed by atoms with E-state index in [0.717, 1.165) is 22.2 Å². The van der Waals surface area contributed by atoms with Crippen LogP contribution in [0, 0.1) is 6.92 Å². The minimum atomic E-state index is -0.601. The van der Waals surface area contributed by atoms with Crippen LogP contribution in [0.4, 0.5) is 4.79 Å². The zero-order chi connectivity index (χ0) is 27.2. The molecule has 0 unspecified atom stereocenters. The Morgan fingerprint density at radius 2 is 1.87 bits per heavy atom. The van der Waals surface area contributed by atoms with Gasteiger partial charge in [0, 0.05) is 5.02 Å². The second-order valence-electron chi connectivity index (χ2n) is 8.16. The predicted octanol–water partition coefficient (Wildman–Crippen LogP) is 7.14. The molecule has 2 amide bonds. The van der Waals surface area contributed by atoms with Crippen LogP contribution in [0.15, 0.2) is 70.0 Å². The van der Waals surface area contributed by atoms with Crippen molar-refractivity contribution in [1.29, 1.82) is 0 Å². The maximum Gasteiger partial charge on any atom is 0.343 e. The van der Waals surface area contributed by atoms with E-state index >= 15 is 0 Å². The van der Waals surface area contributed by atoms with Crippen molar-refractivity contribution in [3.05, 3.63) is 91.8 Å². The second kappa shape index (κ2) is 12.5. The van der Waals surface area contributed by atoms with Gasteiger partial charge in [-0.1, -0.05) is 29.8 Å². The summed E-state index contributed by atoms with van der Waals surface area (Å²) in [6, 6.07) is 17.3. The van der Waals surface area contributed by atoms with Crippen molar-refractivity contribution in [2.45, 2.75) is 13.8 Å². The van der Waals surface area contributed by atoms with Crippen LogP contribution in [0.25, 0.3) is 6.08 Å². The van der Waals surface area contributed by atoms with Gasteiger partial charge in [-0.2, -0.15) is 0 Å². The van der Waals surface area contributed by atoms with Crippen molar-refractivity contribution < 1.29 is 28.6 Å². The zero-order valence-corrected chi connectivity index (χ0v) is 23.7. The third-order valence-electron chi connectivity index (χ3n) is 5.33. The van der Waals surface area contributed by atoms with Gasteiger partial charge < -0.3 is 14.2 Å². The highest BCUT2D eigenvalue weighted by Gasteiger charge is 2.35. The number of hydrogen-bond acceptors (Lipinski definition) is 7. The molecule has 4 rings (SSSR count). The molecule has 0 aromatic heterocycles. The van der Waals surface area contributed by atoms with E-state index in [1.807, 2.05) is 31.2 Å². The van der Waals surface area contributed by atoms with Gasteiger partial charge in [-0.3, -0.25) is 14.5 Å². The summed E-state index contributed by atoms with van der Waals surface area (Å²) in [5.41, 5.74) is 1.93. The Hall–Kier alpha value is -3.27. The van der Waals surface area contributed by atoms with E-state index in [2.05, 4.69) is 15.9 Å². The number of amides is 2. The third kappa shape index (κ3) is 6.78. The number of aryl methyl sites for hydroxylation is 1. The molecule has 0 radical (unpaired) electrons. The largest absolute Gasteiger partial charge is 0.492 e. The Labute approximate surface area is 237 Å². The Kier molecular flexibility index (Phi) is 9.14. The Morgan fingerprint density at radius 3 is 2.61 bits per heavy atom. The smallest absolute Gasteiger partial charge is 0.343 e. The maximum atomic E-state index is 12.9. The molecule has 1 fully saturated rings. The Balaban J connectivity index is 1.49. The molecule has 0 saturated carbocycles. The first-order chi connectivity index (χ1) is 18.2. The number of ether oxygens (including phenoxy) is 3. The van der Waals surface area contributed by atoms with Gasteiger partial charge in [-0.05, 0) is 101 Å². The van der Waals surface area contributed by atoms with Gasteiger partial charge in [-0.15, -0.1) is 0 Å². The molecule has 1 aliphatic rings. The Morgan fingerprint density at radius 1 is 1.08 bits per heavy atom. The van der Waals surface area contributed by atoms with Gasteiger partial charge in [0.2, 0.25) is 0 Å². The number of thioether (sulfide) groups is 1. The SMILES string of the molecule is CCOc1cc(/C=C2\SC(=O)N(CCOc3cccc(C)c3)C2=O)cc(Br)c1OC(=O)c1cccc(Cl)c1. The normalized spacial score (nSPS) is 14.2. The third-order valence-corrected chi connectivity index (χ3v) is 7.06. The average Bonchev–Trinajstić information content (AvgIpc) is 3.13. The van der Waals surface area contributed by atoms with Crippen molar-refractivity contribution in [2.24, 2.45) is 0 Å². The van der Waals surface area contributed by atoms with Crippen LogP contribution in [0.1, 0.15) is 28.4 Å². The van der Waals surface area contributed by atoms with Crippen LogP contribution in [0.3, 0.4) is 0 Å². The molecule has 1 saturated heterocycles. The lowest BCUT2D eigenvalue weighted by Gasteiger charge is -2.14. The predicted molar refractivity (Wildman–Crippen MR) is 151 cm³/mol. The standard InChI is InChI=1S/C28H23BrClNO6S/c1-3-35-23-14-18(13-22(29)25(23)37-27(33)19-7-5-8-20(30)16-19)15-24-26(32)31(28(34)38-24)10-11-36-21-9-4-6-17(2)12-21/h4-9,12-16H,3,10-11H2,1-2H3/b24-15-. The molecule has 38 heavy (non-hydrogen) atoms. The number of carbonyl (C=O) groups is 3. The van der Waals surface area contributed by atoms with Crippen molar-refractivity contribution in [3.63, 3.8) is 0 Å². The van der Waals surface area contributed by atoms with Crippen LogP contribution in [0.5, 0.6) is 17.2 Å². The summed E-state index contributed by atoms with van der Waals surface area (Å²) in [6.45, 7) is 4.38. The van der Waals surface area contributed by atoms with Gasteiger partial charge >= 0.3 is 5.97 Å². The molecule has 196 valence electrons. The highest BCUT2D eigenvalue weighted by molar-refractivity contribution is 9.10. The fourth-order valence-electron chi connectivity index (χ4n) is 3.60. The molecule has 0 atom stereocenters. The van der Waals surface area contributed by atoms with Crippen LogP contribution in [-0.2, 0) is 4.79 Å². The first kappa shape index (κ1) is 27.8. The second-order valence-corrected chi connectivity index (χ2v) is 10.4. The van der Waals surface area contributed by atoms with Gasteiger partial charge in [-0.25, -0.2) is 4.79 Å². The van der Waals surface area contributed by atoms with E-state index in [9.17, 15) is 14.4 Å². The zero-order valence-electron chi connectivity index (χ0n) is 20.5. The fourth-order valence-corrected chi connectivity index (χ4v) is 5.20.